The molecule has 2 rings (SSSR count). The number of hydrogen-bond acceptors (Lipinski definition) is 2. The van der Waals surface area contributed by atoms with E-state index in [0.717, 1.165) is 17.0 Å². The van der Waals surface area contributed by atoms with E-state index in [1.807, 2.05) is 48.7 Å². The van der Waals surface area contributed by atoms with Crippen molar-refractivity contribution in [3.05, 3.63) is 59.1 Å². The summed E-state index contributed by atoms with van der Waals surface area (Å²) < 4.78 is 0. The van der Waals surface area contributed by atoms with Gasteiger partial charge in [-0.3, -0.25) is 0 Å². The third kappa shape index (κ3) is 4.99. The van der Waals surface area contributed by atoms with Gasteiger partial charge in [-0.05, 0) is 36.4 Å². The summed E-state index contributed by atoms with van der Waals surface area (Å²) in [6.07, 6.45) is 2.76. The van der Waals surface area contributed by atoms with E-state index < -0.39 is 0 Å². The topological polar surface area (TPSA) is 41.1 Å². The molecule has 0 aromatic heterocycles. The average Bonchev–Trinajstić information content (AvgIpc) is 2.48. The SMILES string of the molecule is CSc1ccc(Cl)cc1NC(=O)NCCc1ccccc1. The molecule has 2 aromatic carbocycles. The summed E-state index contributed by atoms with van der Waals surface area (Å²) in [6.45, 7) is 0.588. The zero-order chi connectivity index (χ0) is 15.1. The fourth-order valence-electron chi connectivity index (χ4n) is 1.91. The lowest BCUT2D eigenvalue weighted by molar-refractivity contribution is 0.252. The standard InChI is InChI=1S/C16H17ClN2OS/c1-21-15-8-7-13(17)11-14(15)19-16(20)18-10-9-12-5-3-2-4-6-12/h2-8,11H,9-10H2,1H3,(H2,18,19,20). The molecule has 0 saturated carbocycles. The maximum Gasteiger partial charge on any atom is 0.319 e. The van der Waals surface area contributed by atoms with Crippen LogP contribution in [0.1, 0.15) is 5.56 Å². The third-order valence-electron chi connectivity index (χ3n) is 2.95. The van der Waals surface area contributed by atoms with E-state index in [0.29, 0.717) is 11.6 Å². The number of carbonyl (C=O) groups is 1. The van der Waals surface area contributed by atoms with Gasteiger partial charge < -0.3 is 10.6 Å². The number of hydrogen-bond donors (Lipinski definition) is 2. The number of rotatable bonds is 5. The summed E-state index contributed by atoms with van der Waals surface area (Å²) in [4.78, 5) is 12.9. The Balaban J connectivity index is 1.86. The Labute approximate surface area is 134 Å². The van der Waals surface area contributed by atoms with Gasteiger partial charge >= 0.3 is 6.03 Å². The molecule has 21 heavy (non-hydrogen) atoms. The number of halogens is 1. The van der Waals surface area contributed by atoms with Crippen molar-refractivity contribution in [2.75, 3.05) is 18.1 Å². The second kappa shape index (κ2) is 7.96. The minimum atomic E-state index is -0.219. The predicted octanol–water partition coefficient (Wildman–Crippen LogP) is 4.43. The largest absolute Gasteiger partial charge is 0.338 e. The molecular formula is C16H17ClN2OS. The van der Waals surface area contributed by atoms with Crippen LogP contribution in [-0.2, 0) is 6.42 Å². The molecule has 0 fully saturated rings. The Morgan fingerprint density at radius 1 is 1.19 bits per heavy atom. The number of carbonyl (C=O) groups excluding carboxylic acids is 1. The quantitative estimate of drug-likeness (QED) is 0.800. The van der Waals surface area contributed by atoms with Crippen molar-refractivity contribution >= 4 is 35.1 Å². The number of urea groups is 1. The van der Waals surface area contributed by atoms with E-state index in [-0.39, 0.29) is 6.03 Å². The summed E-state index contributed by atoms with van der Waals surface area (Å²) >= 11 is 7.53. The van der Waals surface area contributed by atoms with Gasteiger partial charge in [-0.2, -0.15) is 0 Å². The van der Waals surface area contributed by atoms with Gasteiger partial charge in [0.15, 0.2) is 0 Å². The highest BCUT2D eigenvalue weighted by Gasteiger charge is 2.06. The van der Waals surface area contributed by atoms with Gasteiger partial charge in [-0.1, -0.05) is 41.9 Å². The molecule has 3 nitrogen and oxygen atoms in total. The fraction of sp³-hybridized carbons (Fsp3) is 0.188. The van der Waals surface area contributed by atoms with E-state index in [1.165, 1.54) is 5.56 Å². The van der Waals surface area contributed by atoms with Crippen molar-refractivity contribution in [1.29, 1.82) is 0 Å². The van der Waals surface area contributed by atoms with Crippen LogP contribution in [0, 0.1) is 0 Å². The van der Waals surface area contributed by atoms with Crippen molar-refractivity contribution in [2.45, 2.75) is 11.3 Å². The molecule has 110 valence electrons. The molecule has 0 heterocycles. The van der Waals surface area contributed by atoms with Gasteiger partial charge in [0, 0.05) is 16.5 Å². The van der Waals surface area contributed by atoms with Gasteiger partial charge in [0.2, 0.25) is 0 Å². The first-order chi connectivity index (χ1) is 10.2. The highest BCUT2D eigenvalue weighted by atomic mass is 35.5. The zero-order valence-corrected chi connectivity index (χ0v) is 13.3. The van der Waals surface area contributed by atoms with Crippen LogP contribution in [0.25, 0.3) is 0 Å². The Hall–Kier alpha value is -1.65. The van der Waals surface area contributed by atoms with Crippen molar-refractivity contribution < 1.29 is 4.79 Å². The van der Waals surface area contributed by atoms with Crippen molar-refractivity contribution in [3.8, 4) is 0 Å². The molecule has 0 atom stereocenters. The van der Waals surface area contributed by atoms with Crippen molar-refractivity contribution in [1.82, 2.24) is 5.32 Å². The van der Waals surface area contributed by atoms with Crippen LogP contribution in [0.3, 0.4) is 0 Å². The minimum Gasteiger partial charge on any atom is -0.338 e. The fourth-order valence-corrected chi connectivity index (χ4v) is 2.62. The molecular weight excluding hydrogens is 304 g/mol. The smallest absolute Gasteiger partial charge is 0.319 e. The average molecular weight is 321 g/mol. The normalized spacial score (nSPS) is 10.2. The molecule has 0 aliphatic carbocycles. The molecule has 2 aromatic rings. The number of thioether (sulfide) groups is 1. The number of amides is 2. The number of benzene rings is 2. The monoisotopic (exact) mass is 320 g/mol. The van der Waals surface area contributed by atoms with Crippen molar-refractivity contribution in [2.24, 2.45) is 0 Å². The maximum absolute atomic E-state index is 11.9. The first-order valence-electron chi connectivity index (χ1n) is 6.61. The van der Waals surface area contributed by atoms with Crippen LogP contribution in [-0.4, -0.2) is 18.8 Å². The summed E-state index contributed by atoms with van der Waals surface area (Å²) in [6, 6.07) is 15.3. The molecule has 0 radical (unpaired) electrons. The van der Waals surface area contributed by atoms with Crippen LogP contribution in [0.5, 0.6) is 0 Å². The van der Waals surface area contributed by atoms with Gasteiger partial charge in [0.1, 0.15) is 0 Å². The summed E-state index contributed by atoms with van der Waals surface area (Å²) in [7, 11) is 0. The van der Waals surface area contributed by atoms with Gasteiger partial charge in [-0.15, -0.1) is 11.8 Å². The number of anilines is 1. The first-order valence-corrected chi connectivity index (χ1v) is 8.21. The van der Waals surface area contributed by atoms with Crippen LogP contribution >= 0.6 is 23.4 Å². The first kappa shape index (κ1) is 15.7. The van der Waals surface area contributed by atoms with Gasteiger partial charge in [-0.25, -0.2) is 4.79 Å². The Bertz CT molecular complexity index is 604. The predicted molar refractivity (Wildman–Crippen MR) is 90.4 cm³/mol. The Kier molecular flexibility index (Phi) is 5.96. The minimum absolute atomic E-state index is 0.219. The molecule has 0 saturated heterocycles. The molecule has 0 bridgehead atoms. The Morgan fingerprint density at radius 2 is 1.95 bits per heavy atom. The van der Waals surface area contributed by atoms with Crippen LogP contribution < -0.4 is 10.6 Å². The highest BCUT2D eigenvalue weighted by molar-refractivity contribution is 7.98. The summed E-state index contributed by atoms with van der Waals surface area (Å²) in [5, 5.41) is 6.29. The second-order valence-electron chi connectivity index (χ2n) is 4.46. The zero-order valence-electron chi connectivity index (χ0n) is 11.7. The molecule has 0 spiro atoms. The van der Waals surface area contributed by atoms with E-state index in [2.05, 4.69) is 10.6 Å². The van der Waals surface area contributed by atoms with Crippen LogP contribution in [0.15, 0.2) is 53.4 Å². The lowest BCUT2D eigenvalue weighted by atomic mass is 10.1. The van der Waals surface area contributed by atoms with Crippen molar-refractivity contribution in [3.63, 3.8) is 0 Å². The van der Waals surface area contributed by atoms with Crippen LogP contribution in [0.2, 0.25) is 5.02 Å². The Morgan fingerprint density at radius 3 is 2.67 bits per heavy atom. The van der Waals surface area contributed by atoms with Crippen LogP contribution in [0.4, 0.5) is 10.5 Å². The van der Waals surface area contributed by atoms with E-state index >= 15 is 0 Å². The van der Waals surface area contributed by atoms with E-state index in [1.54, 1.807) is 17.8 Å². The molecule has 0 unspecified atom stereocenters. The molecule has 0 aliphatic heterocycles. The van der Waals surface area contributed by atoms with E-state index in [4.69, 9.17) is 11.6 Å². The molecule has 0 aliphatic rings. The second-order valence-corrected chi connectivity index (χ2v) is 5.75. The lowest BCUT2D eigenvalue weighted by Crippen LogP contribution is -2.30. The lowest BCUT2D eigenvalue weighted by Gasteiger charge is -2.11. The van der Waals surface area contributed by atoms with Gasteiger partial charge in [0.25, 0.3) is 0 Å². The summed E-state index contributed by atoms with van der Waals surface area (Å²) in [5.41, 5.74) is 1.93. The molecule has 5 heteroatoms. The molecule has 2 amide bonds. The molecule has 2 N–H and O–H groups in total. The summed E-state index contributed by atoms with van der Waals surface area (Å²) in [5.74, 6) is 0. The van der Waals surface area contributed by atoms with Gasteiger partial charge in [0.05, 0.1) is 5.69 Å². The van der Waals surface area contributed by atoms with E-state index in [9.17, 15) is 4.79 Å². The number of nitrogens with one attached hydrogen (secondary N) is 2. The third-order valence-corrected chi connectivity index (χ3v) is 3.98. The maximum atomic E-state index is 11.9. The highest BCUT2D eigenvalue weighted by Crippen LogP contribution is 2.28.